The van der Waals surface area contributed by atoms with E-state index in [1.807, 2.05) is 17.8 Å². The van der Waals surface area contributed by atoms with Crippen LogP contribution in [0, 0.1) is 5.92 Å². The third kappa shape index (κ3) is 3.31. The number of hydrogen-bond acceptors (Lipinski definition) is 5. The number of β-amino-alcohol motifs (C(OH)–C–C–N with tert-alkyl or cyclic N) is 1. The SMILES string of the molecule is CCCSC[C@H]1CN(CC2=CCc3c(N)ccnc32)CC1O. The van der Waals surface area contributed by atoms with Gasteiger partial charge in [-0.15, -0.1) is 0 Å². The summed E-state index contributed by atoms with van der Waals surface area (Å²) in [4.78, 5) is 6.86. The second-order valence-corrected chi connectivity index (χ2v) is 7.41. The van der Waals surface area contributed by atoms with Gasteiger partial charge < -0.3 is 10.8 Å². The number of aromatic nitrogens is 1. The zero-order valence-corrected chi connectivity index (χ0v) is 14.0. The van der Waals surface area contributed by atoms with Gasteiger partial charge in [0.15, 0.2) is 0 Å². The van der Waals surface area contributed by atoms with E-state index >= 15 is 0 Å². The number of pyridine rings is 1. The fraction of sp³-hybridized carbons (Fsp3) is 0.588. The number of rotatable bonds is 6. The van der Waals surface area contributed by atoms with Gasteiger partial charge in [-0.2, -0.15) is 11.8 Å². The lowest BCUT2D eigenvalue weighted by molar-refractivity contribution is 0.151. The Bertz CT molecular complexity index is 561. The minimum absolute atomic E-state index is 0.195. The molecule has 0 aromatic carbocycles. The summed E-state index contributed by atoms with van der Waals surface area (Å²) in [7, 11) is 0. The number of anilines is 1. The van der Waals surface area contributed by atoms with E-state index in [1.165, 1.54) is 17.7 Å². The number of allylic oxidation sites excluding steroid dienone is 1. The lowest BCUT2D eigenvalue weighted by Gasteiger charge is -2.17. The summed E-state index contributed by atoms with van der Waals surface area (Å²) in [5.41, 5.74) is 10.3. The second kappa shape index (κ2) is 7.02. The van der Waals surface area contributed by atoms with E-state index in [1.54, 1.807) is 6.20 Å². The highest BCUT2D eigenvalue weighted by Gasteiger charge is 2.32. The summed E-state index contributed by atoms with van der Waals surface area (Å²) in [6, 6.07) is 1.87. The van der Waals surface area contributed by atoms with Crippen LogP contribution in [-0.2, 0) is 6.42 Å². The number of nitrogen functional groups attached to an aromatic ring is 1. The van der Waals surface area contributed by atoms with Gasteiger partial charge in [0, 0.05) is 43.0 Å². The standard InChI is InChI=1S/C17H25N3OS/c1-2-7-22-11-13-9-20(10-16(13)21)8-12-3-4-14-15(18)5-6-19-17(12)14/h3,5-6,13,16,21H,2,4,7-11H2,1H3,(H2,18,19)/t13-,16?/m1/s1. The van der Waals surface area contributed by atoms with Gasteiger partial charge in [-0.25, -0.2) is 0 Å². The van der Waals surface area contributed by atoms with E-state index in [0.29, 0.717) is 5.92 Å². The van der Waals surface area contributed by atoms with Crippen LogP contribution < -0.4 is 5.73 Å². The zero-order valence-electron chi connectivity index (χ0n) is 13.2. The van der Waals surface area contributed by atoms with Crippen molar-refractivity contribution in [2.75, 3.05) is 36.9 Å². The summed E-state index contributed by atoms with van der Waals surface area (Å²) < 4.78 is 0. The molecular weight excluding hydrogens is 294 g/mol. The van der Waals surface area contributed by atoms with Crippen LogP contribution in [-0.4, -0.2) is 52.2 Å². The molecule has 0 radical (unpaired) electrons. The Morgan fingerprint density at radius 3 is 3.14 bits per heavy atom. The monoisotopic (exact) mass is 319 g/mol. The van der Waals surface area contributed by atoms with Crippen LogP contribution in [0.4, 0.5) is 5.69 Å². The molecule has 1 fully saturated rings. The molecule has 2 heterocycles. The summed E-state index contributed by atoms with van der Waals surface area (Å²) in [6.07, 6.45) is 5.92. The molecule has 0 spiro atoms. The molecule has 1 aliphatic heterocycles. The molecule has 0 bridgehead atoms. The highest BCUT2D eigenvalue weighted by Crippen LogP contribution is 2.31. The molecule has 0 saturated carbocycles. The topological polar surface area (TPSA) is 62.4 Å². The third-order valence-corrected chi connectivity index (χ3v) is 5.87. The van der Waals surface area contributed by atoms with Gasteiger partial charge in [-0.1, -0.05) is 13.0 Å². The minimum Gasteiger partial charge on any atom is -0.398 e. The Balaban J connectivity index is 1.59. The molecule has 0 amide bonds. The minimum atomic E-state index is -0.195. The van der Waals surface area contributed by atoms with Gasteiger partial charge in [-0.3, -0.25) is 9.88 Å². The van der Waals surface area contributed by atoms with Crippen molar-refractivity contribution in [1.82, 2.24) is 9.88 Å². The molecule has 2 atom stereocenters. The smallest absolute Gasteiger partial charge is 0.0727 e. The van der Waals surface area contributed by atoms with Crippen molar-refractivity contribution in [2.45, 2.75) is 25.9 Å². The predicted octanol–water partition coefficient (Wildman–Crippen LogP) is 2.04. The first kappa shape index (κ1) is 15.8. The van der Waals surface area contributed by atoms with Crippen molar-refractivity contribution in [3.05, 3.63) is 29.6 Å². The van der Waals surface area contributed by atoms with Crippen LogP contribution in [0.2, 0.25) is 0 Å². The highest BCUT2D eigenvalue weighted by atomic mass is 32.2. The number of nitrogens with two attached hydrogens (primary N) is 1. The summed E-state index contributed by atoms with van der Waals surface area (Å²) in [6.45, 7) is 4.82. The largest absolute Gasteiger partial charge is 0.398 e. The molecule has 3 N–H and O–H groups in total. The molecule has 1 aromatic rings. The first-order valence-electron chi connectivity index (χ1n) is 8.10. The number of likely N-dealkylation sites (tertiary alicyclic amines) is 1. The quantitative estimate of drug-likeness (QED) is 0.786. The van der Waals surface area contributed by atoms with Crippen LogP contribution in [0.25, 0.3) is 5.57 Å². The van der Waals surface area contributed by atoms with E-state index in [2.05, 4.69) is 22.9 Å². The fourth-order valence-electron chi connectivity index (χ4n) is 3.31. The van der Waals surface area contributed by atoms with Crippen LogP contribution in [0.1, 0.15) is 24.6 Å². The van der Waals surface area contributed by atoms with Gasteiger partial charge in [0.05, 0.1) is 11.8 Å². The normalized spacial score (nSPS) is 24.5. The molecule has 1 saturated heterocycles. The first-order chi connectivity index (χ1) is 10.7. The van der Waals surface area contributed by atoms with Gasteiger partial charge in [0.1, 0.15) is 0 Å². The maximum absolute atomic E-state index is 10.3. The van der Waals surface area contributed by atoms with Crippen molar-refractivity contribution in [1.29, 1.82) is 0 Å². The lowest BCUT2D eigenvalue weighted by atomic mass is 10.1. The van der Waals surface area contributed by atoms with Gasteiger partial charge in [0.2, 0.25) is 0 Å². The Morgan fingerprint density at radius 1 is 1.45 bits per heavy atom. The molecule has 1 unspecified atom stereocenters. The zero-order chi connectivity index (χ0) is 15.5. The van der Waals surface area contributed by atoms with Crippen molar-refractivity contribution in [2.24, 2.45) is 5.92 Å². The van der Waals surface area contributed by atoms with Crippen molar-refractivity contribution >= 4 is 23.0 Å². The van der Waals surface area contributed by atoms with E-state index < -0.39 is 0 Å². The number of aliphatic hydroxyl groups excluding tert-OH is 1. The Kier molecular flexibility index (Phi) is 5.06. The number of hydrogen-bond donors (Lipinski definition) is 2. The van der Waals surface area contributed by atoms with Crippen LogP contribution in [0.5, 0.6) is 0 Å². The molecule has 1 aromatic heterocycles. The summed E-state index contributed by atoms with van der Waals surface area (Å²) in [5, 5.41) is 10.3. The summed E-state index contributed by atoms with van der Waals surface area (Å²) in [5.74, 6) is 2.64. The summed E-state index contributed by atoms with van der Waals surface area (Å²) >= 11 is 1.96. The van der Waals surface area contributed by atoms with Gasteiger partial charge >= 0.3 is 0 Å². The van der Waals surface area contributed by atoms with E-state index in [9.17, 15) is 5.11 Å². The van der Waals surface area contributed by atoms with E-state index in [-0.39, 0.29) is 6.10 Å². The molecular formula is C17H25N3OS. The number of fused-ring (bicyclic) bond motifs is 1. The van der Waals surface area contributed by atoms with Gasteiger partial charge in [0.25, 0.3) is 0 Å². The molecule has 120 valence electrons. The maximum atomic E-state index is 10.3. The lowest BCUT2D eigenvalue weighted by Crippen LogP contribution is -2.24. The second-order valence-electron chi connectivity index (χ2n) is 6.26. The molecule has 1 aliphatic carbocycles. The molecule has 5 heteroatoms. The van der Waals surface area contributed by atoms with Crippen LogP contribution >= 0.6 is 11.8 Å². The Hall–Kier alpha value is -1.04. The third-order valence-electron chi connectivity index (χ3n) is 4.51. The molecule has 22 heavy (non-hydrogen) atoms. The van der Waals surface area contributed by atoms with Crippen molar-refractivity contribution in [3.63, 3.8) is 0 Å². The maximum Gasteiger partial charge on any atom is 0.0727 e. The molecule has 3 rings (SSSR count). The number of aliphatic hydroxyl groups is 1. The van der Waals surface area contributed by atoms with Gasteiger partial charge in [-0.05, 0) is 36.0 Å². The molecule has 4 nitrogen and oxygen atoms in total. The van der Waals surface area contributed by atoms with E-state index in [0.717, 1.165) is 48.8 Å². The van der Waals surface area contributed by atoms with Crippen molar-refractivity contribution in [3.8, 4) is 0 Å². The first-order valence-corrected chi connectivity index (χ1v) is 9.25. The van der Waals surface area contributed by atoms with Crippen LogP contribution in [0.15, 0.2) is 18.3 Å². The Morgan fingerprint density at radius 2 is 2.32 bits per heavy atom. The average molecular weight is 319 g/mol. The van der Waals surface area contributed by atoms with Crippen molar-refractivity contribution < 1.29 is 5.11 Å². The van der Waals surface area contributed by atoms with Crippen LogP contribution in [0.3, 0.4) is 0 Å². The van der Waals surface area contributed by atoms with E-state index in [4.69, 9.17) is 5.73 Å². The molecule has 2 aliphatic rings. The predicted molar refractivity (Wildman–Crippen MR) is 93.9 cm³/mol. The fourth-order valence-corrected chi connectivity index (χ4v) is 4.40. The Labute approximate surface area is 136 Å². The highest BCUT2D eigenvalue weighted by molar-refractivity contribution is 7.99. The number of thioether (sulfide) groups is 1. The average Bonchev–Trinajstić information content (AvgIpc) is 3.05. The number of nitrogens with zero attached hydrogens (tertiary/aromatic N) is 2.